The third kappa shape index (κ3) is 4.90. The van der Waals surface area contributed by atoms with Gasteiger partial charge in [-0.05, 0) is 18.8 Å². The SMILES string of the molecule is COCCc1noc(CNC(=O)C[C@H]2CCCOC2)n1. The Morgan fingerprint density at radius 2 is 2.45 bits per heavy atom. The van der Waals surface area contributed by atoms with Crippen LogP contribution < -0.4 is 5.32 Å². The lowest BCUT2D eigenvalue weighted by Gasteiger charge is -2.21. The van der Waals surface area contributed by atoms with Crippen molar-refractivity contribution >= 4 is 5.91 Å². The average molecular weight is 283 g/mol. The highest BCUT2D eigenvalue weighted by atomic mass is 16.5. The highest BCUT2D eigenvalue weighted by molar-refractivity contribution is 5.76. The number of nitrogens with one attached hydrogen (secondary N) is 1. The van der Waals surface area contributed by atoms with Gasteiger partial charge in [0, 0.05) is 33.2 Å². The molecule has 0 unspecified atom stereocenters. The topological polar surface area (TPSA) is 86.5 Å². The van der Waals surface area contributed by atoms with Gasteiger partial charge < -0.3 is 19.3 Å². The highest BCUT2D eigenvalue weighted by Crippen LogP contribution is 2.16. The van der Waals surface area contributed by atoms with Crippen molar-refractivity contribution in [1.29, 1.82) is 0 Å². The molecule has 1 saturated heterocycles. The summed E-state index contributed by atoms with van der Waals surface area (Å²) >= 11 is 0. The van der Waals surface area contributed by atoms with Gasteiger partial charge in [0.25, 0.3) is 0 Å². The largest absolute Gasteiger partial charge is 0.384 e. The zero-order valence-electron chi connectivity index (χ0n) is 11.8. The Labute approximate surface area is 118 Å². The van der Waals surface area contributed by atoms with Crippen LogP contribution >= 0.6 is 0 Å². The third-order valence-electron chi connectivity index (χ3n) is 3.21. The lowest BCUT2D eigenvalue weighted by molar-refractivity contribution is -0.123. The Hall–Kier alpha value is -1.47. The van der Waals surface area contributed by atoms with Crippen LogP contribution in [0.5, 0.6) is 0 Å². The minimum Gasteiger partial charge on any atom is -0.384 e. The molecule has 0 saturated carbocycles. The summed E-state index contributed by atoms with van der Waals surface area (Å²) in [5.74, 6) is 1.34. The molecule has 1 N–H and O–H groups in total. The summed E-state index contributed by atoms with van der Waals surface area (Å²) in [6, 6.07) is 0. The van der Waals surface area contributed by atoms with Crippen LogP contribution in [0.4, 0.5) is 0 Å². The van der Waals surface area contributed by atoms with Crippen molar-refractivity contribution in [1.82, 2.24) is 15.5 Å². The molecule has 2 heterocycles. The van der Waals surface area contributed by atoms with E-state index in [9.17, 15) is 4.79 Å². The Kier molecular flexibility index (Phi) is 5.94. The van der Waals surface area contributed by atoms with Crippen LogP contribution in [0.3, 0.4) is 0 Å². The van der Waals surface area contributed by atoms with Gasteiger partial charge in [-0.1, -0.05) is 5.16 Å². The first kappa shape index (κ1) is 14.9. The summed E-state index contributed by atoms with van der Waals surface area (Å²) in [4.78, 5) is 16.0. The van der Waals surface area contributed by atoms with E-state index in [2.05, 4.69) is 15.5 Å². The molecule has 1 aromatic heterocycles. The number of hydrogen-bond donors (Lipinski definition) is 1. The number of hydrogen-bond acceptors (Lipinski definition) is 6. The van der Waals surface area contributed by atoms with Crippen LogP contribution in [0, 0.1) is 5.92 Å². The normalized spacial score (nSPS) is 18.9. The molecule has 1 aliphatic heterocycles. The van der Waals surface area contributed by atoms with Gasteiger partial charge in [-0.3, -0.25) is 4.79 Å². The molecular formula is C13H21N3O4. The van der Waals surface area contributed by atoms with Gasteiger partial charge in [0.1, 0.15) is 0 Å². The standard InChI is InChI=1S/C13H21N3O4/c1-18-6-4-11-15-13(20-16-11)8-14-12(17)7-10-3-2-5-19-9-10/h10H,2-9H2,1H3,(H,14,17)/t10-/m1/s1. The molecule has 1 amide bonds. The summed E-state index contributed by atoms with van der Waals surface area (Å²) in [5, 5.41) is 6.60. The molecule has 0 aliphatic carbocycles. The first-order valence-electron chi connectivity index (χ1n) is 6.92. The number of amides is 1. The number of carbonyl (C=O) groups excluding carboxylic acids is 1. The maximum Gasteiger partial charge on any atom is 0.246 e. The lowest BCUT2D eigenvalue weighted by atomic mass is 9.98. The Morgan fingerprint density at radius 1 is 1.55 bits per heavy atom. The van der Waals surface area contributed by atoms with Crippen LogP contribution in [0.15, 0.2) is 4.52 Å². The van der Waals surface area contributed by atoms with E-state index in [-0.39, 0.29) is 12.5 Å². The third-order valence-corrected chi connectivity index (χ3v) is 3.21. The Bertz CT molecular complexity index is 416. The molecule has 7 heteroatoms. The number of aromatic nitrogens is 2. The molecule has 1 aliphatic rings. The molecule has 0 radical (unpaired) electrons. The van der Waals surface area contributed by atoms with Gasteiger partial charge in [-0.2, -0.15) is 4.98 Å². The lowest BCUT2D eigenvalue weighted by Crippen LogP contribution is -2.28. The fourth-order valence-electron chi connectivity index (χ4n) is 2.13. The zero-order valence-corrected chi connectivity index (χ0v) is 11.8. The van der Waals surface area contributed by atoms with Crippen LogP contribution in [-0.4, -0.2) is 43.0 Å². The monoisotopic (exact) mass is 283 g/mol. The summed E-state index contributed by atoms with van der Waals surface area (Å²) < 4.78 is 15.3. The number of carbonyl (C=O) groups is 1. The van der Waals surface area contributed by atoms with Crippen LogP contribution in [0.2, 0.25) is 0 Å². The van der Waals surface area contributed by atoms with E-state index in [0.29, 0.717) is 43.7 Å². The number of rotatable bonds is 7. The molecule has 0 aromatic carbocycles. The summed E-state index contributed by atoms with van der Waals surface area (Å²) in [7, 11) is 1.62. The molecule has 20 heavy (non-hydrogen) atoms. The van der Waals surface area contributed by atoms with Gasteiger partial charge >= 0.3 is 0 Å². The Morgan fingerprint density at radius 3 is 3.20 bits per heavy atom. The summed E-state index contributed by atoms with van der Waals surface area (Å²) in [6.45, 7) is 2.30. The van der Waals surface area contributed by atoms with E-state index in [1.54, 1.807) is 7.11 Å². The van der Waals surface area contributed by atoms with Gasteiger partial charge in [-0.25, -0.2) is 0 Å². The quantitative estimate of drug-likeness (QED) is 0.792. The van der Waals surface area contributed by atoms with Crippen molar-refractivity contribution < 1.29 is 18.8 Å². The first-order valence-corrected chi connectivity index (χ1v) is 6.92. The zero-order chi connectivity index (χ0) is 14.2. The van der Waals surface area contributed by atoms with Crippen molar-refractivity contribution in [2.24, 2.45) is 5.92 Å². The van der Waals surface area contributed by atoms with Gasteiger partial charge in [0.2, 0.25) is 11.8 Å². The van der Waals surface area contributed by atoms with E-state index < -0.39 is 0 Å². The smallest absolute Gasteiger partial charge is 0.246 e. The van der Waals surface area contributed by atoms with Gasteiger partial charge in [-0.15, -0.1) is 0 Å². The molecule has 2 rings (SSSR count). The van der Waals surface area contributed by atoms with E-state index in [1.807, 2.05) is 0 Å². The number of ether oxygens (including phenoxy) is 2. The van der Waals surface area contributed by atoms with Crippen molar-refractivity contribution in [3.8, 4) is 0 Å². The second-order valence-corrected chi connectivity index (χ2v) is 4.91. The van der Waals surface area contributed by atoms with Crippen LogP contribution in [0.1, 0.15) is 31.0 Å². The van der Waals surface area contributed by atoms with Crippen LogP contribution in [0.25, 0.3) is 0 Å². The van der Waals surface area contributed by atoms with Crippen molar-refractivity contribution in [3.63, 3.8) is 0 Å². The van der Waals surface area contributed by atoms with E-state index in [1.165, 1.54) is 0 Å². The maximum atomic E-state index is 11.8. The second kappa shape index (κ2) is 7.96. The fraction of sp³-hybridized carbons (Fsp3) is 0.769. The highest BCUT2D eigenvalue weighted by Gasteiger charge is 2.17. The number of nitrogens with zero attached hydrogens (tertiary/aromatic N) is 2. The van der Waals surface area contributed by atoms with E-state index in [0.717, 1.165) is 19.4 Å². The van der Waals surface area contributed by atoms with E-state index in [4.69, 9.17) is 14.0 Å². The predicted molar refractivity (Wildman–Crippen MR) is 69.9 cm³/mol. The number of methoxy groups -OCH3 is 1. The van der Waals surface area contributed by atoms with Gasteiger partial charge in [0.15, 0.2) is 5.82 Å². The molecule has 1 aromatic rings. The molecule has 1 fully saturated rings. The minimum atomic E-state index is -0.00265. The molecule has 0 spiro atoms. The van der Waals surface area contributed by atoms with Crippen molar-refractivity contribution in [3.05, 3.63) is 11.7 Å². The summed E-state index contributed by atoms with van der Waals surface area (Å²) in [6.07, 6.45) is 3.18. The van der Waals surface area contributed by atoms with Crippen LogP contribution in [-0.2, 0) is 27.2 Å². The predicted octanol–water partition coefficient (Wildman–Crippen LogP) is 0.691. The second-order valence-electron chi connectivity index (χ2n) is 4.91. The maximum absolute atomic E-state index is 11.8. The first-order chi connectivity index (χ1) is 9.78. The average Bonchev–Trinajstić information content (AvgIpc) is 2.92. The minimum absolute atomic E-state index is 0.00265. The molecule has 0 bridgehead atoms. The van der Waals surface area contributed by atoms with Gasteiger partial charge in [0.05, 0.1) is 13.2 Å². The molecular weight excluding hydrogens is 262 g/mol. The molecule has 1 atom stereocenters. The Balaban J connectivity index is 1.68. The molecule has 112 valence electrons. The van der Waals surface area contributed by atoms with Crippen molar-refractivity contribution in [2.75, 3.05) is 26.9 Å². The van der Waals surface area contributed by atoms with E-state index >= 15 is 0 Å². The molecule has 7 nitrogen and oxygen atoms in total. The summed E-state index contributed by atoms with van der Waals surface area (Å²) in [5.41, 5.74) is 0. The fourth-order valence-corrected chi connectivity index (χ4v) is 2.13. The van der Waals surface area contributed by atoms with Crippen molar-refractivity contribution in [2.45, 2.75) is 32.2 Å².